The third-order valence-corrected chi connectivity index (χ3v) is 2.50. The van der Waals surface area contributed by atoms with Crippen LogP contribution in [0.4, 0.5) is 11.5 Å². The number of anilines is 2. The van der Waals surface area contributed by atoms with Crippen molar-refractivity contribution in [2.75, 3.05) is 17.2 Å². The topological polar surface area (TPSA) is 66.9 Å². The van der Waals surface area contributed by atoms with Crippen molar-refractivity contribution in [3.8, 4) is 0 Å². The van der Waals surface area contributed by atoms with Gasteiger partial charge in [-0.05, 0) is 25.4 Å². The molecular formula is C9H11ClN4O. The molecule has 0 spiro atoms. The molecule has 0 bridgehead atoms. The monoisotopic (exact) mass is 226 g/mol. The highest BCUT2D eigenvalue weighted by atomic mass is 35.5. The molecular weight excluding hydrogens is 216 g/mol. The van der Waals surface area contributed by atoms with Crippen LogP contribution in [0.25, 0.3) is 0 Å². The average Bonchev–Trinajstić information content (AvgIpc) is 2.27. The summed E-state index contributed by atoms with van der Waals surface area (Å²) in [6.45, 7) is 4.23. The molecule has 0 unspecified atom stereocenters. The van der Waals surface area contributed by atoms with E-state index in [1.165, 1.54) is 6.20 Å². The summed E-state index contributed by atoms with van der Waals surface area (Å²) in [5.41, 5.74) is 0.0858. The average molecular weight is 227 g/mol. The highest BCUT2D eigenvalue weighted by molar-refractivity contribution is 6.28. The van der Waals surface area contributed by atoms with E-state index in [9.17, 15) is 4.79 Å². The van der Waals surface area contributed by atoms with Crippen molar-refractivity contribution in [2.24, 2.45) is 5.41 Å². The summed E-state index contributed by atoms with van der Waals surface area (Å²) in [5, 5.41) is 5.98. The highest BCUT2D eigenvalue weighted by Crippen LogP contribution is 2.28. The predicted octanol–water partition coefficient (Wildman–Crippen LogP) is 1.52. The number of carbonyl (C=O) groups excluding carboxylic acids is 1. The summed E-state index contributed by atoms with van der Waals surface area (Å²) in [6.07, 6.45) is 1.50. The van der Waals surface area contributed by atoms with Crippen molar-refractivity contribution < 1.29 is 4.79 Å². The Morgan fingerprint density at radius 1 is 1.53 bits per heavy atom. The summed E-state index contributed by atoms with van der Waals surface area (Å²) in [4.78, 5) is 19.6. The van der Waals surface area contributed by atoms with Crippen molar-refractivity contribution >= 4 is 29.0 Å². The van der Waals surface area contributed by atoms with Gasteiger partial charge in [0.25, 0.3) is 0 Å². The van der Waals surface area contributed by atoms with E-state index in [4.69, 9.17) is 11.6 Å². The van der Waals surface area contributed by atoms with Crippen LogP contribution in [0.1, 0.15) is 13.8 Å². The SMILES string of the molecule is CC1(C)CNc2nc(Cl)ncc2NC1=O. The number of fused-ring (bicyclic) bond motifs is 1. The Kier molecular flexibility index (Phi) is 2.26. The third kappa shape index (κ3) is 1.87. The Bertz CT molecular complexity index is 419. The molecule has 1 aliphatic rings. The molecule has 1 aliphatic heterocycles. The fraction of sp³-hybridized carbons (Fsp3) is 0.444. The van der Waals surface area contributed by atoms with Crippen LogP contribution in [0.2, 0.25) is 5.28 Å². The van der Waals surface area contributed by atoms with E-state index in [1.54, 1.807) is 0 Å². The number of nitrogens with zero attached hydrogens (tertiary/aromatic N) is 2. The van der Waals surface area contributed by atoms with Crippen molar-refractivity contribution in [1.82, 2.24) is 9.97 Å². The van der Waals surface area contributed by atoms with Gasteiger partial charge in [-0.1, -0.05) is 0 Å². The summed E-state index contributed by atoms with van der Waals surface area (Å²) >= 11 is 5.66. The van der Waals surface area contributed by atoms with Gasteiger partial charge in [0.2, 0.25) is 11.2 Å². The van der Waals surface area contributed by atoms with Crippen molar-refractivity contribution in [3.05, 3.63) is 11.5 Å². The first-order valence-corrected chi connectivity index (χ1v) is 4.95. The highest BCUT2D eigenvalue weighted by Gasteiger charge is 2.31. The minimum atomic E-state index is -0.479. The second kappa shape index (κ2) is 3.34. The molecule has 1 aromatic rings. The van der Waals surface area contributed by atoms with Gasteiger partial charge in [-0.15, -0.1) is 0 Å². The standard InChI is InChI=1S/C9H11ClN4O/c1-9(2)4-12-6-5(13-7(9)15)3-11-8(10)14-6/h3H,4H2,1-2H3,(H,13,15)(H,11,12,14). The third-order valence-electron chi connectivity index (χ3n) is 2.32. The lowest BCUT2D eigenvalue weighted by Crippen LogP contribution is -2.34. The maximum atomic E-state index is 11.7. The van der Waals surface area contributed by atoms with Crippen LogP contribution in [0.3, 0.4) is 0 Å². The largest absolute Gasteiger partial charge is 0.367 e. The van der Waals surface area contributed by atoms with Crippen molar-refractivity contribution in [2.45, 2.75) is 13.8 Å². The van der Waals surface area contributed by atoms with Gasteiger partial charge >= 0.3 is 0 Å². The molecule has 0 atom stereocenters. The summed E-state index contributed by atoms with van der Waals surface area (Å²) in [7, 11) is 0. The lowest BCUT2D eigenvalue weighted by molar-refractivity contribution is -0.123. The van der Waals surface area contributed by atoms with Crippen LogP contribution in [0.5, 0.6) is 0 Å². The van der Waals surface area contributed by atoms with Gasteiger partial charge in [-0.25, -0.2) is 4.98 Å². The van der Waals surface area contributed by atoms with E-state index in [0.29, 0.717) is 18.1 Å². The molecule has 0 aromatic carbocycles. The maximum Gasteiger partial charge on any atom is 0.231 e. The Morgan fingerprint density at radius 3 is 3.00 bits per heavy atom. The first-order valence-electron chi connectivity index (χ1n) is 4.57. The van der Waals surface area contributed by atoms with Gasteiger partial charge < -0.3 is 10.6 Å². The second-order valence-corrected chi connectivity index (χ2v) is 4.43. The maximum absolute atomic E-state index is 11.7. The van der Waals surface area contributed by atoms with Gasteiger partial charge in [0.05, 0.1) is 11.6 Å². The predicted molar refractivity (Wildman–Crippen MR) is 57.9 cm³/mol. The molecule has 0 fully saturated rings. The number of amides is 1. The Labute approximate surface area is 92.3 Å². The first kappa shape index (κ1) is 10.2. The van der Waals surface area contributed by atoms with Gasteiger partial charge in [0.15, 0.2) is 5.82 Å². The smallest absolute Gasteiger partial charge is 0.231 e. The van der Waals surface area contributed by atoms with E-state index >= 15 is 0 Å². The van der Waals surface area contributed by atoms with Crippen LogP contribution in [0, 0.1) is 5.41 Å². The number of nitrogens with one attached hydrogen (secondary N) is 2. The summed E-state index contributed by atoms with van der Waals surface area (Å²) in [6, 6.07) is 0. The number of hydrogen-bond acceptors (Lipinski definition) is 4. The van der Waals surface area contributed by atoms with Crippen LogP contribution >= 0.6 is 11.6 Å². The first-order chi connectivity index (χ1) is 6.99. The molecule has 0 saturated heterocycles. The zero-order chi connectivity index (χ0) is 11.1. The van der Waals surface area contributed by atoms with Gasteiger partial charge in [0.1, 0.15) is 5.69 Å². The number of halogens is 1. The van der Waals surface area contributed by atoms with E-state index in [1.807, 2.05) is 13.8 Å². The molecule has 1 aromatic heterocycles. The van der Waals surface area contributed by atoms with Gasteiger partial charge in [-0.2, -0.15) is 4.98 Å². The van der Waals surface area contributed by atoms with Gasteiger partial charge in [0, 0.05) is 6.54 Å². The lowest BCUT2D eigenvalue weighted by Gasteiger charge is -2.19. The summed E-state index contributed by atoms with van der Waals surface area (Å²) in [5.74, 6) is 0.508. The zero-order valence-corrected chi connectivity index (χ0v) is 9.22. The second-order valence-electron chi connectivity index (χ2n) is 4.09. The molecule has 5 nitrogen and oxygen atoms in total. The molecule has 2 rings (SSSR count). The van der Waals surface area contributed by atoms with Crippen LogP contribution in [-0.2, 0) is 4.79 Å². The minimum absolute atomic E-state index is 0.0559. The Balaban J connectivity index is 2.40. The molecule has 80 valence electrons. The molecule has 0 radical (unpaired) electrons. The molecule has 0 aliphatic carbocycles. The fourth-order valence-corrected chi connectivity index (χ4v) is 1.40. The lowest BCUT2D eigenvalue weighted by atomic mass is 9.93. The number of rotatable bonds is 0. The zero-order valence-electron chi connectivity index (χ0n) is 8.47. The normalized spacial score (nSPS) is 18.5. The summed E-state index contributed by atoms with van der Waals surface area (Å²) < 4.78 is 0. The van der Waals surface area contributed by atoms with Crippen molar-refractivity contribution in [3.63, 3.8) is 0 Å². The molecule has 15 heavy (non-hydrogen) atoms. The van der Waals surface area contributed by atoms with E-state index in [0.717, 1.165) is 0 Å². The minimum Gasteiger partial charge on any atom is -0.367 e. The van der Waals surface area contributed by atoms with Crippen LogP contribution < -0.4 is 10.6 Å². The van der Waals surface area contributed by atoms with Gasteiger partial charge in [-0.3, -0.25) is 4.79 Å². The molecule has 1 amide bonds. The quantitative estimate of drug-likeness (QED) is 0.659. The molecule has 2 N–H and O–H groups in total. The fourth-order valence-electron chi connectivity index (χ4n) is 1.26. The molecule has 2 heterocycles. The van der Waals surface area contributed by atoms with E-state index in [2.05, 4.69) is 20.6 Å². The number of carbonyl (C=O) groups is 1. The molecule has 6 heteroatoms. The number of hydrogen-bond donors (Lipinski definition) is 2. The number of aromatic nitrogens is 2. The Hall–Kier alpha value is -1.36. The van der Waals surface area contributed by atoms with Crippen LogP contribution in [0.15, 0.2) is 6.20 Å². The van der Waals surface area contributed by atoms with Crippen LogP contribution in [-0.4, -0.2) is 22.4 Å². The Morgan fingerprint density at radius 2 is 2.27 bits per heavy atom. The molecule has 0 saturated carbocycles. The van der Waals surface area contributed by atoms with Crippen molar-refractivity contribution in [1.29, 1.82) is 0 Å². The van der Waals surface area contributed by atoms with E-state index in [-0.39, 0.29) is 11.2 Å². The van der Waals surface area contributed by atoms with E-state index < -0.39 is 5.41 Å².